The second kappa shape index (κ2) is 4.02. The number of hydrogen-bond acceptors (Lipinski definition) is 1. The lowest BCUT2D eigenvalue weighted by molar-refractivity contribution is 0.453. The van der Waals surface area contributed by atoms with Crippen LogP contribution in [0.2, 0.25) is 0 Å². The summed E-state index contributed by atoms with van der Waals surface area (Å²) in [6.07, 6.45) is 0. The van der Waals surface area contributed by atoms with Crippen LogP contribution in [-0.4, -0.2) is 0 Å². The topological polar surface area (TPSA) is 13.1 Å². The van der Waals surface area contributed by atoms with Gasteiger partial charge in [-0.25, -0.2) is 0 Å². The van der Waals surface area contributed by atoms with Crippen LogP contribution in [0.5, 0.6) is 0 Å². The quantitative estimate of drug-likeness (QED) is 0.625. The second-order valence-electron chi connectivity index (χ2n) is 5.14. The van der Waals surface area contributed by atoms with Crippen LogP contribution in [0, 0.1) is 0 Å². The summed E-state index contributed by atoms with van der Waals surface area (Å²) in [5.74, 6) is 1.01. The third-order valence-electron chi connectivity index (χ3n) is 3.54. The summed E-state index contributed by atoms with van der Waals surface area (Å²) in [6.45, 7) is 4.39. The molecule has 0 bridgehead atoms. The Bertz CT molecular complexity index is 629. The Balaban J connectivity index is 2.13. The number of para-hydroxylation sites is 1. The van der Waals surface area contributed by atoms with Crippen molar-refractivity contribution >= 4 is 11.0 Å². The molecule has 0 amide bonds. The Morgan fingerprint density at radius 3 is 2.22 bits per heavy atom. The molecule has 0 aliphatic heterocycles. The molecule has 3 aromatic rings. The normalized spacial score (nSPS) is 11.9. The van der Waals surface area contributed by atoms with Gasteiger partial charge in [-0.15, -0.1) is 0 Å². The standard InChI is InChI=1S/C17H16O/c1-17(2,14-9-4-3-5-10-14)16-12-13-8-6-7-11-15(13)18-16/h3-12H,1-2H3. The van der Waals surface area contributed by atoms with E-state index < -0.39 is 0 Å². The lowest BCUT2D eigenvalue weighted by Crippen LogP contribution is -2.17. The highest BCUT2D eigenvalue weighted by molar-refractivity contribution is 5.78. The third-order valence-corrected chi connectivity index (χ3v) is 3.54. The van der Waals surface area contributed by atoms with Crippen LogP contribution in [-0.2, 0) is 5.41 Å². The average molecular weight is 236 g/mol. The summed E-state index contributed by atoms with van der Waals surface area (Å²) in [4.78, 5) is 0. The molecule has 18 heavy (non-hydrogen) atoms. The van der Waals surface area contributed by atoms with Gasteiger partial charge >= 0.3 is 0 Å². The van der Waals surface area contributed by atoms with Gasteiger partial charge in [0.25, 0.3) is 0 Å². The minimum Gasteiger partial charge on any atom is -0.460 e. The molecular weight excluding hydrogens is 220 g/mol. The molecule has 2 aromatic carbocycles. The summed E-state index contributed by atoms with van der Waals surface area (Å²) in [5, 5.41) is 1.16. The van der Waals surface area contributed by atoms with Crippen molar-refractivity contribution < 1.29 is 4.42 Å². The molecule has 0 spiro atoms. The van der Waals surface area contributed by atoms with E-state index in [0.29, 0.717) is 0 Å². The molecule has 3 rings (SSSR count). The van der Waals surface area contributed by atoms with Crippen LogP contribution >= 0.6 is 0 Å². The van der Waals surface area contributed by atoms with Gasteiger partial charge in [0.15, 0.2) is 0 Å². The van der Waals surface area contributed by atoms with E-state index in [1.165, 1.54) is 5.56 Å². The van der Waals surface area contributed by atoms with Crippen molar-refractivity contribution in [3.05, 3.63) is 72.0 Å². The first-order valence-electron chi connectivity index (χ1n) is 6.22. The van der Waals surface area contributed by atoms with Crippen molar-refractivity contribution in [2.45, 2.75) is 19.3 Å². The zero-order valence-corrected chi connectivity index (χ0v) is 10.7. The van der Waals surface area contributed by atoms with Crippen molar-refractivity contribution in [1.29, 1.82) is 0 Å². The Morgan fingerprint density at radius 2 is 1.50 bits per heavy atom. The minimum absolute atomic E-state index is 0.111. The number of furan rings is 1. The highest BCUT2D eigenvalue weighted by Crippen LogP contribution is 2.34. The number of hydrogen-bond donors (Lipinski definition) is 0. The van der Waals surface area contributed by atoms with Crippen molar-refractivity contribution in [1.82, 2.24) is 0 Å². The molecule has 90 valence electrons. The van der Waals surface area contributed by atoms with E-state index in [4.69, 9.17) is 4.42 Å². The zero-order valence-electron chi connectivity index (χ0n) is 10.7. The Labute approximate surface area is 107 Å². The Hall–Kier alpha value is -2.02. The van der Waals surface area contributed by atoms with Crippen LogP contribution in [0.1, 0.15) is 25.2 Å². The molecule has 1 nitrogen and oxygen atoms in total. The van der Waals surface area contributed by atoms with Crippen molar-refractivity contribution in [3.63, 3.8) is 0 Å². The number of fused-ring (bicyclic) bond motifs is 1. The molecule has 0 unspecified atom stereocenters. The molecule has 1 aromatic heterocycles. The SMILES string of the molecule is CC(C)(c1ccccc1)c1cc2ccccc2o1. The first kappa shape index (κ1) is 11.1. The maximum absolute atomic E-state index is 5.99. The van der Waals surface area contributed by atoms with Gasteiger partial charge in [0, 0.05) is 10.8 Å². The number of benzene rings is 2. The zero-order chi connectivity index (χ0) is 12.6. The molecular formula is C17H16O. The molecule has 0 aliphatic rings. The summed E-state index contributed by atoms with van der Waals surface area (Å²) in [5.41, 5.74) is 2.11. The van der Waals surface area contributed by atoms with E-state index in [-0.39, 0.29) is 5.41 Å². The Kier molecular flexibility index (Phi) is 2.48. The minimum atomic E-state index is -0.111. The fourth-order valence-corrected chi connectivity index (χ4v) is 2.29. The highest BCUT2D eigenvalue weighted by atomic mass is 16.3. The Morgan fingerprint density at radius 1 is 0.833 bits per heavy atom. The first-order chi connectivity index (χ1) is 8.68. The molecule has 0 N–H and O–H groups in total. The molecule has 0 atom stereocenters. The molecule has 0 saturated heterocycles. The van der Waals surface area contributed by atoms with Gasteiger partial charge in [0.1, 0.15) is 11.3 Å². The van der Waals surface area contributed by atoms with Crippen LogP contribution in [0.3, 0.4) is 0 Å². The van der Waals surface area contributed by atoms with Crippen LogP contribution in [0.4, 0.5) is 0 Å². The summed E-state index contributed by atoms with van der Waals surface area (Å²) >= 11 is 0. The van der Waals surface area contributed by atoms with E-state index >= 15 is 0 Å². The van der Waals surface area contributed by atoms with Gasteiger partial charge in [-0.2, -0.15) is 0 Å². The van der Waals surface area contributed by atoms with Gasteiger partial charge in [-0.05, 0) is 31.5 Å². The van der Waals surface area contributed by atoms with E-state index in [9.17, 15) is 0 Å². The molecule has 0 saturated carbocycles. The first-order valence-corrected chi connectivity index (χ1v) is 6.22. The summed E-state index contributed by atoms with van der Waals surface area (Å²) in [6, 6.07) is 20.8. The van der Waals surface area contributed by atoms with Crippen LogP contribution in [0.25, 0.3) is 11.0 Å². The third kappa shape index (κ3) is 1.72. The summed E-state index contributed by atoms with van der Waals surface area (Å²) in [7, 11) is 0. The van der Waals surface area contributed by atoms with E-state index in [1.54, 1.807) is 0 Å². The molecule has 1 heterocycles. The van der Waals surface area contributed by atoms with Crippen molar-refractivity contribution in [2.24, 2.45) is 0 Å². The fourth-order valence-electron chi connectivity index (χ4n) is 2.29. The fraction of sp³-hybridized carbons (Fsp3) is 0.176. The lowest BCUT2D eigenvalue weighted by Gasteiger charge is -2.22. The number of rotatable bonds is 2. The second-order valence-corrected chi connectivity index (χ2v) is 5.14. The van der Waals surface area contributed by atoms with Crippen LogP contribution in [0.15, 0.2) is 65.1 Å². The maximum atomic E-state index is 5.99. The van der Waals surface area contributed by atoms with Crippen molar-refractivity contribution in [2.75, 3.05) is 0 Å². The van der Waals surface area contributed by atoms with E-state index in [1.807, 2.05) is 24.3 Å². The molecule has 1 heteroatoms. The molecule has 0 fully saturated rings. The lowest BCUT2D eigenvalue weighted by atomic mass is 9.82. The molecule has 0 radical (unpaired) electrons. The summed E-state index contributed by atoms with van der Waals surface area (Å²) < 4.78 is 5.99. The predicted octanol–water partition coefficient (Wildman–Crippen LogP) is 4.76. The predicted molar refractivity (Wildman–Crippen MR) is 74.8 cm³/mol. The van der Waals surface area contributed by atoms with Crippen LogP contribution < -0.4 is 0 Å². The van der Waals surface area contributed by atoms with E-state index in [0.717, 1.165) is 16.7 Å². The molecule has 0 aliphatic carbocycles. The van der Waals surface area contributed by atoms with Gasteiger partial charge in [-0.1, -0.05) is 48.5 Å². The smallest absolute Gasteiger partial charge is 0.134 e. The van der Waals surface area contributed by atoms with Gasteiger partial charge in [-0.3, -0.25) is 0 Å². The highest BCUT2D eigenvalue weighted by Gasteiger charge is 2.26. The monoisotopic (exact) mass is 236 g/mol. The largest absolute Gasteiger partial charge is 0.460 e. The van der Waals surface area contributed by atoms with Crippen molar-refractivity contribution in [3.8, 4) is 0 Å². The van der Waals surface area contributed by atoms with Gasteiger partial charge in [0.2, 0.25) is 0 Å². The van der Waals surface area contributed by atoms with E-state index in [2.05, 4.69) is 50.2 Å². The van der Waals surface area contributed by atoms with Gasteiger partial charge < -0.3 is 4.42 Å². The maximum Gasteiger partial charge on any atom is 0.134 e. The van der Waals surface area contributed by atoms with Gasteiger partial charge in [0.05, 0.1) is 0 Å². The average Bonchev–Trinajstić information content (AvgIpc) is 2.84.